The van der Waals surface area contributed by atoms with Crippen molar-refractivity contribution >= 4 is 11.6 Å². The molecule has 0 radical (unpaired) electrons. The molecule has 2 aliphatic rings. The van der Waals surface area contributed by atoms with Gasteiger partial charge in [-0.1, -0.05) is 12.1 Å². The zero-order chi connectivity index (χ0) is 11.3. The summed E-state index contributed by atoms with van der Waals surface area (Å²) in [6, 6.07) is 6.36. The SMILES string of the molecule is Cc1ccc(C2=NNC(=O)[C@@H]3C[C@@H]23)cc1C. The van der Waals surface area contributed by atoms with Gasteiger partial charge in [0.25, 0.3) is 0 Å². The topological polar surface area (TPSA) is 41.5 Å². The van der Waals surface area contributed by atoms with Gasteiger partial charge in [-0.25, -0.2) is 5.43 Å². The first kappa shape index (κ1) is 9.58. The van der Waals surface area contributed by atoms with Gasteiger partial charge < -0.3 is 0 Å². The van der Waals surface area contributed by atoms with E-state index in [1.54, 1.807) is 0 Å². The van der Waals surface area contributed by atoms with E-state index in [0.29, 0.717) is 5.92 Å². The molecule has 0 spiro atoms. The zero-order valence-corrected chi connectivity index (χ0v) is 9.45. The van der Waals surface area contributed by atoms with Gasteiger partial charge in [0.05, 0.1) is 5.71 Å². The summed E-state index contributed by atoms with van der Waals surface area (Å²) in [5.74, 6) is 0.613. The number of nitrogens with one attached hydrogen (secondary N) is 1. The van der Waals surface area contributed by atoms with Crippen LogP contribution in [0.1, 0.15) is 23.1 Å². The Bertz CT molecular complexity index is 505. The summed E-state index contributed by atoms with van der Waals surface area (Å²) in [5.41, 5.74) is 7.36. The third-order valence-electron chi connectivity index (χ3n) is 3.57. The number of hydrazone groups is 1. The van der Waals surface area contributed by atoms with Gasteiger partial charge in [-0.2, -0.15) is 5.10 Å². The third kappa shape index (κ3) is 1.35. The highest BCUT2D eigenvalue weighted by Crippen LogP contribution is 2.43. The Labute approximate surface area is 94.6 Å². The lowest BCUT2D eigenvalue weighted by atomic mass is 9.99. The fourth-order valence-corrected chi connectivity index (χ4v) is 2.25. The maximum Gasteiger partial charge on any atom is 0.243 e. The minimum absolute atomic E-state index is 0.0811. The summed E-state index contributed by atoms with van der Waals surface area (Å²) < 4.78 is 0. The van der Waals surface area contributed by atoms with Crippen LogP contribution in [0, 0.1) is 25.7 Å². The molecule has 1 heterocycles. The van der Waals surface area contributed by atoms with Crippen molar-refractivity contribution in [3.05, 3.63) is 34.9 Å². The minimum atomic E-state index is 0.0811. The standard InChI is InChI=1S/C13H14N2O/c1-7-3-4-9(5-8(7)2)12-10-6-11(10)13(16)15-14-12/h3-5,10-11H,6H2,1-2H3,(H,15,16)/t10-,11-/m1/s1. The highest BCUT2D eigenvalue weighted by molar-refractivity contribution is 6.09. The lowest BCUT2D eigenvalue weighted by molar-refractivity contribution is -0.122. The number of hydrogen-bond donors (Lipinski definition) is 1. The van der Waals surface area contributed by atoms with Crippen molar-refractivity contribution < 1.29 is 4.79 Å². The summed E-state index contributed by atoms with van der Waals surface area (Å²) in [7, 11) is 0. The highest BCUT2D eigenvalue weighted by atomic mass is 16.2. The molecule has 1 N–H and O–H groups in total. The maximum atomic E-state index is 11.3. The van der Waals surface area contributed by atoms with Gasteiger partial charge in [0.1, 0.15) is 0 Å². The van der Waals surface area contributed by atoms with Crippen LogP contribution >= 0.6 is 0 Å². The second kappa shape index (κ2) is 3.17. The van der Waals surface area contributed by atoms with Gasteiger partial charge in [0, 0.05) is 11.8 Å². The van der Waals surface area contributed by atoms with Crippen molar-refractivity contribution in [2.45, 2.75) is 20.3 Å². The highest BCUT2D eigenvalue weighted by Gasteiger charge is 2.49. The van der Waals surface area contributed by atoms with Gasteiger partial charge >= 0.3 is 0 Å². The second-order valence-electron chi connectivity index (χ2n) is 4.72. The lowest BCUT2D eigenvalue weighted by Gasteiger charge is -2.12. The van der Waals surface area contributed by atoms with E-state index < -0.39 is 0 Å². The Morgan fingerprint density at radius 3 is 2.81 bits per heavy atom. The van der Waals surface area contributed by atoms with Crippen LogP contribution in [-0.4, -0.2) is 11.6 Å². The number of aryl methyl sites for hydroxylation is 2. The fourth-order valence-electron chi connectivity index (χ4n) is 2.25. The minimum Gasteiger partial charge on any atom is -0.273 e. The van der Waals surface area contributed by atoms with Gasteiger partial charge in [-0.05, 0) is 43.0 Å². The Morgan fingerprint density at radius 1 is 1.25 bits per heavy atom. The molecule has 1 amide bonds. The predicted molar refractivity (Wildman–Crippen MR) is 62.2 cm³/mol. The molecule has 2 atom stereocenters. The van der Waals surface area contributed by atoms with Crippen LogP contribution < -0.4 is 5.43 Å². The molecule has 1 saturated carbocycles. The fraction of sp³-hybridized carbons (Fsp3) is 0.385. The average Bonchev–Trinajstić information content (AvgIpc) is 3.04. The second-order valence-corrected chi connectivity index (χ2v) is 4.72. The summed E-state index contributed by atoms with van der Waals surface area (Å²) >= 11 is 0. The molecular weight excluding hydrogens is 200 g/mol. The molecule has 1 fully saturated rings. The van der Waals surface area contributed by atoms with E-state index in [1.165, 1.54) is 11.1 Å². The van der Waals surface area contributed by atoms with Crippen LogP contribution in [0.5, 0.6) is 0 Å². The summed E-state index contributed by atoms with van der Waals surface area (Å²) in [4.78, 5) is 11.3. The molecule has 1 aromatic rings. The van der Waals surface area contributed by atoms with E-state index >= 15 is 0 Å². The van der Waals surface area contributed by atoms with Gasteiger partial charge in [-0.15, -0.1) is 0 Å². The van der Waals surface area contributed by atoms with Crippen molar-refractivity contribution in [3.8, 4) is 0 Å². The summed E-state index contributed by atoms with van der Waals surface area (Å²) in [6.45, 7) is 4.20. The molecular formula is C13H14N2O. The first-order valence-electron chi connectivity index (χ1n) is 5.62. The van der Waals surface area contributed by atoms with Crippen LogP contribution in [-0.2, 0) is 4.79 Å². The van der Waals surface area contributed by atoms with Crippen molar-refractivity contribution in [2.75, 3.05) is 0 Å². The Hall–Kier alpha value is -1.64. The van der Waals surface area contributed by atoms with Crippen LogP contribution in [0.4, 0.5) is 0 Å². The summed E-state index contributed by atoms with van der Waals surface area (Å²) in [6.07, 6.45) is 0.956. The molecule has 1 aromatic carbocycles. The van der Waals surface area contributed by atoms with E-state index in [4.69, 9.17) is 0 Å². The molecule has 82 valence electrons. The Morgan fingerprint density at radius 2 is 2.06 bits per heavy atom. The van der Waals surface area contributed by atoms with Gasteiger partial charge in [0.15, 0.2) is 0 Å². The molecule has 16 heavy (non-hydrogen) atoms. The molecule has 1 aliphatic heterocycles. The Balaban J connectivity index is 1.98. The maximum absolute atomic E-state index is 11.3. The molecule has 3 rings (SSSR count). The van der Waals surface area contributed by atoms with Crippen molar-refractivity contribution in [1.82, 2.24) is 5.43 Å². The Kier molecular flexibility index (Phi) is 1.90. The van der Waals surface area contributed by atoms with Crippen molar-refractivity contribution in [2.24, 2.45) is 16.9 Å². The molecule has 0 unspecified atom stereocenters. The van der Waals surface area contributed by atoms with Crippen molar-refractivity contribution in [1.29, 1.82) is 0 Å². The van der Waals surface area contributed by atoms with E-state index in [0.717, 1.165) is 17.7 Å². The van der Waals surface area contributed by atoms with Crippen LogP contribution in [0.3, 0.4) is 0 Å². The molecule has 0 saturated heterocycles. The van der Waals surface area contributed by atoms with Crippen molar-refractivity contribution in [3.63, 3.8) is 0 Å². The largest absolute Gasteiger partial charge is 0.273 e. The number of benzene rings is 1. The molecule has 1 aliphatic carbocycles. The number of rotatable bonds is 1. The number of amides is 1. The number of nitrogens with zero attached hydrogens (tertiary/aromatic N) is 1. The third-order valence-corrected chi connectivity index (χ3v) is 3.57. The van der Waals surface area contributed by atoms with Crippen LogP contribution in [0.2, 0.25) is 0 Å². The van der Waals surface area contributed by atoms with Crippen LogP contribution in [0.15, 0.2) is 23.3 Å². The van der Waals surface area contributed by atoms with Crippen LogP contribution in [0.25, 0.3) is 0 Å². The quantitative estimate of drug-likeness (QED) is 0.760. The monoisotopic (exact) mass is 214 g/mol. The van der Waals surface area contributed by atoms with E-state index in [2.05, 4.69) is 42.6 Å². The molecule has 0 bridgehead atoms. The first-order valence-corrected chi connectivity index (χ1v) is 5.62. The van der Waals surface area contributed by atoms with E-state index in [1.807, 2.05) is 0 Å². The number of carbonyl (C=O) groups is 1. The lowest BCUT2D eigenvalue weighted by Crippen LogP contribution is -2.28. The number of carbonyl (C=O) groups excluding carboxylic acids is 1. The zero-order valence-electron chi connectivity index (χ0n) is 9.45. The molecule has 0 aromatic heterocycles. The van der Waals surface area contributed by atoms with E-state index in [-0.39, 0.29) is 11.8 Å². The average molecular weight is 214 g/mol. The molecule has 3 nitrogen and oxygen atoms in total. The number of hydrogen-bond acceptors (Lipinski definition) is 2. The number of fused-ring (bicyclic) bond motifs is 1. The summed E-state index contributed by atoms with van der Waals surface area (Å²) in [5, 5.41) is 4.19. The normalized spacial score (nSPS) is 26.9. The smallest absolute Gasteiger partial charge is 0.243 e. The molecule has 3 heteroatoms. The predicted octanol–water partition coefficient (Wildman–Crippen LogP) is 1.77. The van der Waals surface area contributed by atoms with Gasteiger partial charge in [0.2, 0.25) is 5.91 Å². The first-order chi connectivity index (χ1) is 7.66. The van der Waals surface area contributed by atoms with E-state index in [9.17, 15) is 4.79 Å². The van der Waals surface area contributed by atoms with Gasteiger partial charge in [-0.3, -0.25) is 4.79 Å².